The molecule has 90 valence electrons. The van der Waals surface area contributed by atoms with Crippen LogP contribution in [0.3, 0.4) is 0 Å². The van der Waals surface area contributed by atoms with Gasteiger partial charge in [-0.1, -0.05) is 16.8 Å². The first-order valence-electron chi connectivity index (χ1n) is 5.20. The third kappa shape index (κ3) is 2.57. The lowest BCUT2D eigenvalue weighted by molar-refractivity contribution is 0.414. The van der Waals surface area contributed by atoms with Gasteiger partial charge in [-0.05, 0) is 18.7 Å². The molecule has 0 bridgehead atoms. The van der Waals surface area contributed by atoms with Gasteiger partial charge in [0.15, 0.2) is 0 Å². The molecule has 0 aliphatic carbocycles. The summed E-state index contributed by atoms with van der Waals surface area (Å²) in [6.45, 7) is 0.546. The molecule has 0 atom stereocenters. The van der Waals surface area contributed by atoms with Gasteiger partial charge in [0.2, 0.25) is 0 Å². The monoisotopic (exact) mass is 252 g/mol. The van der Waals surface area contributed by atoms with Crippen LogP contribution in [0.25, 0.3) is 5.69 Å². The molecule has 0 fully saturated rings. The molecule has 1 aromatic carbocycles. The Kier molecular flexibility index (Phi) is 3.61. The molecule has 2 aromatic rings. The molecule has 5 nitrogen and oxygen atoms in total. The van der Waals surface area contributed by atoms with E-state index >= 15 is 0 Å². The fourth-order valence-electron chi connectivity index (χ4n) is 1.47. The van der Waals surface area contributed by atoms with Crippen molar-refractivity contribution in [2.24, 2.45) is 5.73 Å². The Balaban J connectivity index is 2.37. The van der Waals surface area contributed by atoms with Gasteiger partial charge in [-0.2, -0.15) is 0 Å². The van der Waals surface area contributed by atoms with Crippen LogP contribution in [0.5, 0.6) is 5.75 Å². The number of aromatic nitrogens is 3. The SMILES string of the molecule is COc1ccc(Cl)c(-n2cc(CCN)nn2)c1. The zero-order valence-electron chi connectivity index (χ0n) is 9.43. The van der Waals surface area contributed by atoms with E-state index in [0.29, 0.717) is 18.0 Å². The van der Waals surface area contributed by atoms with E-state index in [0.717, 1.165) is 17.1 Å². The zero-order chi connectivity index (χ0) is 12.3. The summed E-state index contributed by atoms with van der Waals surface area (Å²) in [4.78, 5) is 0. The summed E-state index contributed by atoms with van der Waals surface area (Å²) in [5, 5.41) is 8.62. The minimum absolute atomic E-state index is 0.546. The number of benzene rings is 1. The van der Waals surface area contributed by atoms with Crippen LogP contribution in [-0.4, -0.2) is 28.6 Å². The van der Waals surface area contributed by atoms with E-state index in [4.69, 9.17) is 22.1 Å². The van der Waals surface area contributed by atoms with Crippen molar-refractivity contribution in [1.82, 2.24) is 15.0 Å². The third-order valence-electron chi connectivity index (χ3n) is 2.34. The molecule has 1 aromatic heterocycles. The molecule has 17 heavy (non-hydrogen) atoms. The number of ether oxygens (including phenoxy) is 1. The predicted molar refractivity (Wildman–Crippen MR) is 65.7 cm³/mol. The van der Waals surface area contributed by atoms with Gasteiger partial charge in [-0.25, -0.2) is 4.68 Å². The summed E-state index contributed by atoms with van der Waals surface area (Å²) < 4.78 is 6.77. The van der Waals surface area contributed by atoms with Gasteiger partial charge in [-0.3, -0.25) is 0 Å². The van der Waals surface area contributed by atoms with Crippen LogP contribution in [0, 0.1) is 0 Å². The minimum Gasteiger partial charge on any atom is -0.497 e. The van der Waals surface area contributed by atoms with Gasteiger partial charge < -0.3 is 10.5 Å². The Morgan fingerprint density at radius 1 is 1.47 bits per heavy atom. The highest BCUT2D eigenvalue weighted by molar-refractivity contribution is 6.32. The molecule has 2 N–H and O–H groups in total. The molecule has 2 rings (SSSR count). The number of nitrogens with zero attached hydrogens (tertiary/aromatic N) is 3. The standard InChI is InChI=1S/C11H13ClN4O/c1-17-9-2-3-10(12)11(6-9)16-7-8(4-5-13)14-15-16/h2-3,6-7H,4-5,13H2,1H3. The van der Waals surface area contributed by atoms with Crippen LogP contribution in [0.2, 0.25) is 5.02 Å². The summed E-state index contributed by atoms with van der Waals surface area (Å²) in [6.07, 6.45) is 2.51. The van der Waals surface area contributed by atoms with E-state index in [2.05, 4.69) is 10.3 Å². The van der Waals surface area contributed by atoms with E-state index in [-0.39, 0.29) is 0 Å². The molecule has 0 amide bonds. The van der Waals surface area contributed by atoms with E-state index in [9.17, 15) is 0 Å². The van der Waals surface area contributed by atoms with Crippen LogP contribution in [-0.2, 0) is 6.42 Å². The summed E-state index contributed by atoms with van der Waals surface area (Å²) in [6, 6.07) is 5.37. The molecule has 0 radical (unpaired) electrons. The quantitative estimate of drug-likeness (QED) is 0.894. The second-order valence-corrected chi connectivity index (χ2v) is 3.92. The number of nitrogens with two attached hydrogens (primary N) is 1. The van der Waals surface area contributed by atoms with Gasteiger partial charge in [0.05, 0.1) is 29.7 Å². The fourth-order valence-corrected chi connectivity index (χ4v) is 1.68. The number of rotatable bonds is 4. The van der Waals surface area contributed by atoms with Crippen molar-refractivity contribution in [3.8, 4) is 11.4 Å². The van der Waals surface area contributed by atoms with Gasteiger partial charge in [0.25, 0.3) is 0 Å². The minimum atomic E-state index is 0.546. The maximum atomic E-state index is 6.11. The van der Waals surface area contributed by atoms with Crippen molar-refractivity contribution >= 4 is 11.6 Å². The lowest BCUT2D eigenvalue weighted by Gasteiger charge is -2.05. The maximum Gasteiger partial charge on any atom is 0.121 e. The van der Waals surface area contributed by atoms with Crippen molar-refractivity contribution in [2.75, 3.05) is 13.7 Å². The molecule has 0 spiro atoms. The van der Waals surface area contributed by atoms with Crippen LogP contribution >= 0.6 is 11.6 Å². The normalized spacial score (nSPS) is 10.5. The van der Waals surface area contributed by atoms with Crippen LogP contribution in [0.4, 0.5) is 0 Å². The Bertz CT molecular complexity index is 512. The van der Waals surface area contributed by atoms with Crippen LogP contribution < -0.4 is 10.5 Å². The smallest absolute Gasteiger partial charge is 0.121 e. The Labute approximate surface area is 104 Å². The van der Waals surface area contributed by atoms with E-state index < -0.39 is 0 Å². The largest absolute Gasteiger partial charge is 0.497 e. The number of methoxy groups -OCH3 is 1. The molecular formula is C11H13ClN4O. The first kappa shape index (κ1) is 11.9. The molecule has 0 unspecified atom stereocenters. The average molecular weight is 253 g/mol. The molecule has 6 heteroatoms. The van der Waals surface area contributed by atoms with Gasteiger partial charge >= 0.3 is 0 Å². The molecule has 0 saturated carbocycles. The van der Waals surface area contributed by atoms with Gasteiger partial charge in [0, 0.05) is 12.5 Å². The Morgan fingerprint density at radius 2 is 2.29 bits per heavy atom. The second-order valence-electron chi connectivity index (χ2n) is 3.51. The summed E-state index contributed by atoms with van der Waals surface area (Å²) in [5.74, 6) is 0.722. The second kappa shape index (κ2) is 5.16. The van der Waals surface area contributed by atoms with Crippen LogP contribution in [0.1, 0.15) is 5.69 Å². The van der Waals surface area contributed by atoms with E-state index in [1.54, 1.807) is 23.9 Å². The van der Waals surface area contributed by atoms with Crippen LogP contribution in [0.15, 0.2) is 24.4 Å². The summed E-state index contributed by atoms with van der Waals surface area (Å²) in [5.41, 5.74) is 7.04. The number of hydrogen-bond donors (Lipinski definition) is 1. The first-order chi connectivity index (χ1) is 8.24. The molecule has 1 heterocycles. The molecule has 0 saturated heterocycles. The highest BCUT2D eigenvalue weighted by Crippen LogP contribution is 2.24. The average Bonchev–Trinajstić information content (AvgIpc) is 2.79. The predicted octanol–water partition coefficient (Wildman–Crippen LogP) is 1.43. The first-order valence-corrected chi connectivity index (χ1v) is 5.57. The maximum absolute atomic E-state index is 6.11. The van der Waals surface area contributed by atoms with E-state index in [1.165, 1.54) is 0 Å². The molecule has 0 aliphatic rings. The summed E-state index contributed by atoms with van der Waals surface area (Å²) in [7, 11) is 1.61. The highest BCUT2D eigenvalue weighted by atomic mass is 35.5. The molecular weight excluding hydrogens is 240 g/mol. The third-order valence-corrected chi connectivity index (χ3v) is 2.66. The summed E-state index contributed by atoms with van der Waals surface area (Å²) >= 11 is 6.11. The van der Waals surface area contributed by atoms with Crippen molar-refractivity contribution in [1.29, 1.82) is 0 Å². The van der Waals surface area contributed by atoms with Gasteiger partial charge in [0.1, 0.15) is 5.75 Å². The fraction of sp³-hybridized carbons (Fsp3) is 0.273. The van der Waals surface area contributed by atoms with Gasteiger partial charge in [-0.15, -0.1) is 5.10 Å². The zero-order valence-corrected chi connectivity index (χ0v) is 10.2. The van der Waals surface area contributed by atoms with Crippen molar-refractivity contribution in [3.63, 3.8) is 0 Å². The van der Waals surface area contributed by atoms with Crippen molar-refractivity contribution in [3.05, 3.63) is 35.1 Å². The topological polar surface area (TPSA) is 66.0 Å². The number of hydrogen-bond acceptors (Lipinski definition) is 4. The lowest BCUT2D eigenvalue weighted by Crippen LogP contribution is -2.02. The lowest BCUT2D eigenvalue weighted by atomic mass is 10.3. The van der Waals surface area contributed by atoms with E-state index in [1.807, 2.05) is 12.3 Å². The molecule has 0 aliphatic heterocycles. The number of halogens is 1. The Hall–Kier alpha value is -1.59. The Morgan fingerprint density at radius 3 is 3.00 bits per heavy atom. The van der Waals surface area contributed by atoms with Crippen molar-refractivity contribution < 1.29 is 4.74 Å². The highest BCUT2D eigenvalue weighted by Gasteiger charge is 2.07. The van der Waals surface area contributed by atoms with Crippen molar-refractivity contribution in [2.45, 2.75) is 6.42 Å².